The minimum Gasteiger partial charge on any atom is -0.480 e. The molecular weight excluding hydrogens is 320 g/mol. The first kappa shape index (κ1) is 19.0. The van der Waals surface area contributed by atoms with Crippen LogP contribution in [0.3, 0.4) is 0 Å². The van der Waals surface area contributed by atoms with Crippen LogP contribution < -0.4 is 0 Å². The number of nitrogens with zero attached hydrogens (tertiary/aromatic N) is 2. The number of amides is 2. The molecule has 0 radical (unpaired) electrons. The van der Waals surface area contributed by atoms with Crippen LogP contribution in [-0.4, -0.2) is 58.9 Å². The summed E-state index contributed by atoms with van der Waals surface area (Å²) in [5.41, 5.74) is 0.858. The van der Waals surface area contributed by atoms with Crippen LogP contribution in [0.25, 0.3) is 0 Å². The van der Waals surface area contributed by atoms with Gasteiger partial charge < -0.3 is 14.9 Å². The van der Waals surface area contributed by atoms with Gasteiger partial charge in [0, 0.05) is 26.4 Å². The molecule has 2 amide bonds. The van der Waals surface area contributed by atoms with Crippen molar-refractivity contribution < 1.29 is 19.5 Å². The van der Waals surface area contributed by atoms with Crippen molar-refractivity contribution in [2.75, 3.05) is 20.1 Å². The molecule has 0 saturated carbocycles. The molecule has 1 atom stereocenters. The second-order valence-electron chi connectivity index (χ2n) is 6.53. The molecule has 1 heterocycles. The van der Waals surface area contributed by atoms with Crippen molar-refractivity contribution in [3.8, 4) is 0 Å². The van der Waals surface area contributed by atoms with Gasteiger partial charge in [-0.05, 0) is 18.4 Å². The van der Waals surface area contributed by atoms with Gasteiger partial charge in [-0.25, -0.2) is 4.79 Å². The van der Waals surface area contributed by atoms with Crippen molar-refractivity contribution >= 4 is 17.8 Å². The Morgan fingerprint density at radius 2 is 1.84 bits per heavy atom. The lowest BCUT2D eigenvalue weighted by molar-refractivity contribution is -0.150. The van der Waals surface area contributed by atoms with Gasteiger partial charge in [-0.15, -0.1) is 0 Å². The number of rotatable bonds is 6. The first-order chi connectivity index (χ1) is 12.0. The zero-order valence-corrected chi connectivity index (χ0v) is 14.7. The summed E-state index contributed by atoms with van der Waals surface area (Å²) in [4.78, 5) is 39.2. The lowest BCUT2D eigenvalue weighted by Gasteiger charge is -2.29. The number of hydrogen-bond donors (Lipinski definition) is 1. The molecule has 6 heteroatoms. The molecule has 6 nitrogen and oxygen atoms in total. The van der Waals surface area contributed by atoms with Crippen molar-refractivity contribution in [1.82, 2.24) is 9.80 Å². The van der Waals surface area contributed by atoms with E-state index in [1.54, 1.807) is 4.90 Å². The summed E-state index contributed by atoms with van der Waals surface area (Å²) in [5.74, 6) is -1.40. The number of carboxylic acid groups (broad SMARTS) is 1. The van der Waals surface area contributed by atoms with Crippen LogP contribution in [0.15, 0.2) is 30.3 Å². The largest absolute Gasteiger partial charge is 0.480 e. The highest BCUT2D eigenvalue weighted by Crippen LogP contribution is 2.13. The van der Waals surface area contributed by atoms with E-state index >= 15 is 0 Å². The van der Waals surface area contributed by atoms with Crippen LogP contribution in [0.2, 0.25) is 0 Å². The molecule has 1 unspecified atom stereocenters. The van der Waals surface area contributed by atoms with Gasteiger partial charge in [0.1, 0.15) is 6.04 Å². The van der Waals surface area contributed by atoms with E-state index in [4.69, 9.17) is 0 Å². The summed E-state index contributed by atoms with van der Waals surface area (Å²) in [6.07, 6.45) is 4.54. The Balaban J connectivity index is 2.02. The topological polar surface area (TPSA) is 77.9 Å². The average molecular weight is 346 g/mol. The highest BCUT2D eigenvalue weighted by molar-refractivity contribution is 5.88. The second kappa shape index (κ2) is 9.20. The van der Waals surface area contributed by atoms with E-state index < -0.39 is 12.0 Å². The minimum absolute atomic E-state index is 0.0172. The summed E-state index contributed by atoms with van der Waals surface area (Å²) >= 11 is 0. The van der Waals surface area contributed by atoms with E-state index in [0.717, 1.165) is 31.2 Å². The molecule has 1 fully saturated rings. The van der Waals surface area contributed by atoms with Gasteiger partial charge >= 0.3 is 5.97 Å². The van der Waals surface area contributed by atoms with E-state index in [2.05, 4.69) is 0 Å². The minimum atomic E-state index is -1.04. The summed E-state index contributed by atoms with van der Waals surface area (Å²) in [5, 5.41) is 9.52. The molecule has 136 valence electrons. The molecule has 1 saturated heterocycles. The maximum absolute atomic E-state index is 12.6. The fourth-order valence-corrected chi connectivity index (χ4v) is 3.06. The Labute approximate surface area is 148 Å². The first-order valence-corrected chi connectivity index (χ1v) is 8.79. The van der Waals surface area contributed by atoms with Gasteiger partial charge in [0.2, 0.25) is 11.8 Å². The predicted molar refractivity (Wildman–Crippen MR) is 94.0 cm³/mol. The number of carbonyl (C=O) groups excluding carboxylic acids is 2. The Bertz CT molecular complexity index is 603. The molecule has 2 rings (SSSR count). The van der Waals surface area contributed by atoms with E-state index in [1.165, 1.54) is 11.9 Å². The molecule has 25 heavy (non-hydrogen) atoms. The van der Waals surface area contributed by atoms with Gasteiger partial charge in [0.25, 0.3) is 0 Å². The maximum atomic E-state index is 12.6. The number of hydrogen-bond acceptors (Lipinski definition) is 3. The monoisotopic (exact) mass is 346 g/mol. The summed E-state index contributed by atoms with van der Waals surface area (Å²) < 4.78 is 0. The smallest absolute Gasteiger partial charge is 0.326 e. The number of carbonyl (C=O) groups is 3. The highest BCUT2D eigenvalue weighted by Gasteiger charge is 2.28. The van der Waals surface area contributed by atoms with E-state index in [1.807, 2.05) is 30.3 Å². The number of likely N-dealkylation sites (N-methyl/N-ethyl adjacent to an activating group) is 1. The lowest BCUT2D eigenvalue weighted by Crippen LogP contribution is -2.49. The lowest BCUT2D eigenvalue weighted by atomic mass is 10.0. The van der Waals surface area contributed by atoms with Crippen LogP contribution in [0.4, 0.5) is 0 Å². The third-order valence-electron chi connectivity index (χ3n) is 4.67. The zero-order chi connectivity index (χ0) is 18.2. The number of benzene rings is 1. The molecule has 0 aromatic heterocycles. The fourth-order valence-electron chi connectivity index (χ4n) is 3.06. The van der Waals surface area contributed by atoms with E-state index in [0.29, 0.717) is 13.0 Å². The van der Waals surface area contributed by atoms with Gasteiger partial charge in [-0.3, -0.25) is 9.59 Å². The quantitative estimate of drug-likeness (QED) is 0.854. The van der Waals surface area contributed by atoms with Crippen LogP contribution in [-0.2, 0) is 20.8 Å². The molecule has 1 aliphatic heterocycles. The standard InChI is InChI=1S/C19H26N2O4/c1-20(16(19(24)25)13-15-9-5-4-6-10-15)18(23)14-21-12-8-3-2-7-11-17(21)22/h4-6,9-10,16H,2-3,7-8,11-14H2,1H3,(H,24,25). The van der Waals surface area contributed by atoms with Crippen molar-refractivity contribution in [3.05, 3.63) is 35.9 Å². The van der Waals surface area contributed by atoms with Crippen molar-refractivity contribution in [1.29, 1.82) is 0 Å². The average Bonchev–Trinajstić information content (AvgIpc) is 2.59. The summed E-state index contributed by atoms with van der Waals surface area (Å²) in [7, 11) is 1.50. The summed E-state index contributed by atoms with van der Waals surface area (Å²) in [6.45, 7) is 0.517. The van der Waals surface area contributed by atoms with Gasteiger partial charge in [0.15, 0.2) is 0 Å². The van der Waals surface area contributed by atoms with Crippen molar-refractivity contribution in [2.24, 2.45) is 0 Å². The van der Waals surface area contributed by atoms with E-state index in [-0.39, 0.29) is 24.8 Å². The number of carboxylic acids is 1. The van der Waals surface area contributed by atoms with Gasteiger partial charge in [-0.1, -0.05) is 43.2 Å². The van der Waals surface area contributed by atoms with E-state index in [9.17, 15) is 19.5 Å². The first-order valence-electron chi connectivity index (χ1n) is 8.79. The molecule has 1 aliphatic rings. The normalized spacial score (nSPS) is 16.7. The Hall–Kier alpha value is -2.37. The molecule has 1 aromatic rings. The maximum Gasteiger partial charge on any atom is 0.326 e. The molecular formula is C19H26N2O4. The van der Waals surface area contributed by atoms with Crippen molar-refractivity contribution in [3.63, 3.8) is 0 Å². The van der Waals surface area contributed by atoms with Crippen LogP contribution >= 0.6 is 0 Å². The van der Waals surface area contributed by atoms with Gasteiger partial charge in [-0.2, -0.15) is 0 Å². The second-order valence-corrected chi connectivity index (χ2v) is 6.53. The Morgan fingerprint density at radius 1 is 1.16 bits per heavy atom. The molecule has 0 bridgehead atoms. The molecule has 0 spiro atoms. The van der Waals surface area contributed by atoms with Gasteiger partial charge in [0.05, 0.1) is 6.54 Å². The third-order valence-corrected chi connectivity index (χ3v) is 4.67. The summed E-state index contributed by atoms with van der Waals surface area (Å²) in [6, 6.07) is 8.29. The molecule has 1 N–H and O–H groups in total. The van der Waals surface area contributed by atoms with Crippen molar-refractivity contribution in [2.45, 2.75) is 44.6 Å². The predicted octanol–water partition coefficient (Wildman–Crippen LogP) is 1.93. The van der Waals surface area contributed by atoms with Crippen LogP contribution in [0.5, 0.6) is 0 Å². The molecule has 1 aromatic carbocycles. The fraction of sp³-hybridized carbons (Fsp3) is 0.526. The number of aliphatic carboxylic acids is 1. The van der Waals surface area contributed by atoms with Crippen LogP contribution in [0, 0.1) is 0 Å². The highest BCUT2D eigenvalue weighted by atomic mass is 16.4. The zero-order valence-electron chi connectivity index (χ0n) is 14.7. The SMILES string of the molecule is CN(C(=O)CN1CCCCCCC1=O)C(Cc1ccccc1)C(=O)O. The Morgan fingerprint density at radius 3 is 2.52 bits per heavy atom. The van der Waals surface area contributed by atoms with Crippen LogP contribution in [0.1, 0.15) is 37.7 Å². The molecule has 0 aliphatic carbocycles. The number of likely N-dealkylation sites (tertiary alicyclic amines) is 1. The third kappa shape index (κ3) is 5.59. The Kier molecular flexibility index (Phi) is 6.98.